The van der Waals surface area contributed by atoms with E-state index in [0.29, 0.717) is 3.95 Å². The molecule has 1 aromatic heterocycles. The van der Waals surface area contributed by atoms with Gasteiger partial charge in [-0.2, -0.15) is 0 Å². The van der Waals surface area contributed by atoms with Crippen LogP contribution in [0.3, 0.4) is 0 Å². The summed E-state index contributed by atoms with van der Waals surface area (Å²) in [5, 5.41) is 10.8. The third kappa shape index (κ3) is 2.75. The van der Waals surface area contributed by atoms with Gasteiger partial charge in [-0.3, -0.25) is 9.56 Å². The highest BCUT2D eigenvalue weighted by atomic mass is 32.1. The first-order valence-electron chi connectivity index (χ1n) is 8.07. The van der Waals surface area contributed by atoms with E-state index in [4.69, 9.17) is 12.2 Å². The molecule has 0 spiro atoms. The molecule has 3 aromatic rings. The topological polar surface area (TPSA) is 37.5 Å². The lowest BCUT2D eigenvalue weighted by atomic mass is 10.1. The van der Waals surface area contributed by atoms with Gasteiger partial charge in [-0.25, -0.2) is 0 Å². The van der Waals surface area contributed by atoms with Crippen molar-refractivity contribution in [2.75, 3.05) is 0 Å². The van der Waals surface area contributed by atoms with Crippen molar-refractivity contribution in [1.82, 2.24) is 4.57 Å². The first-order chi connectivity index (χ1) is 12.2. The van der Waals surface area contributed by atoms with Crippen LogP contribution in [0.2, 0.25) is 0 Å². The highest BCUT2D eigenvalue weighted by molar-refractivity contribution is 7.73. The van der Waals surface area contributed by atoms with Crippen molar-refractivity contribution in [2.24, 2.45) is 4.99 Å². The van der Waals surface area contributed by atoms with E-state index in [0.717, 1.165) is 39.4 Å². The normalized spacial score (nSPS) is 14.2. The fraction of sp³-hybridized carbons (Fsp3) is 0.100. The van der Waals surface area contributed by atoms with Crippen LogP contribution < -0.4 is 0 Å². The summed E-state index contributed by atoms with van der Waals surface area (Å²) >= 11 is 6.93. The van der Waals surface area contributed by atoms with Gasteiger partial charge in [-0.1, -0.05) is 43.3 Å². The molecule has 0 amide bonds. The van der Waals surface area contributed by atoms with E-state index in [-0.39, 0.29) is 5.88 Å². The predicted octanol–water partition coefficient (Wildman–Crippen LogP) is 5.79. The van der Waals surface area contributed by atoms with Gasteiger partial charge in [0.05, 0.1) is 16.3 Å². The zero-order chi connectivity index (χ0) is 17.4. The largest absolute Gasteiger partial charge is 0.493 e. The first kappa shape index (κ1) is 16.0. The number of aromatic nitrogens is 1. The molecule has 0 fully saturated rings. The molecule has 0 saturated heterocycles. The molecule has 0 aliphatic carbocycles. The number of hydrogen-bond acceptors (Lipinski definition) is 4. The standard InChI is InChI=1S/C20H16N2OS2/c1-2-13-7-3-6-10-17(13)22-19(23)18(25-20(22)24)11-14-12-21-16-9-5-4-8-15(14)16/h3-12,23H,2H2,1H3/b14-11+. The van der Waals surface area contributed by atoms with Gasteiger partial charge in [0.25, 0.3) is 0 Å². The molecule has 2 heterocycles. The molecule has 1 N–H and O–H groups in total. The summed E-state index contributed by atoms with van der Waals surface area (Å²) in [5.41, 5.74) is 5.10. The molecule has 0 bridgehead atoms. The number of aromatic hydroxyl groups is 1. The lowest BCUT2D eigenvalue weighted by molar-refractivity contribution is 0.441. The molecule has 4 rings (SSSR count). The van der Waals surface area contributed by atoms with Crippen molar-refractivity contribution in [2.45, 2.75) is 13.3 Å². The lowest BCUT2D eigenvalue weighted by Crippen LogP contribution is -1.98. The van der Waals surface area contributed by atoms with Gasteiger partial charge in [-0.15, -0.1) is 11.3 Å². The van der Waals surface area contributed by atoms with E-state index in [1.807, 2.05) is 54.8 Å². The average molecular weight is 364 g/mol. The Morgan fingerprint density at radius 3 is 2.76 bits per heavy atom. The Balaban J connectivity index is 1.84. The second-order valence-electron chi connectivity index (χ2n) is 5.75. The summed E-state index contributed by atoms with van der Waals surface area (Å²) in [7, 11) is 0. The van der Waals surface area contributed by atoms with Gasteiger partial charge >= 0.3 is 0 Å². The van der Waals surface area contributed by atoms with Gasteiger partial charge in [0.2, 0.25) is 5.88 Å². The van der Waals surface area contributed by atoms with Crippen LogP contribution in [-0.4, -0.2) is 15.9 Å². The van der Waals surface area contributed by atoms with Crippen LogP contribution in [0.15, 0.2) is 53.5 Å². The minimum Gasteiger partial charge on any atom is -0.493 e. The van der Waals surface area contributed by atoms with Crippen LogP contribution in [0.25, 0.3) is 17.3 Å². The van der Waals surface area contributed by atoms with Gasteiger partial charge in [0.1, 0.15) is 0 Å². The number of hydrogen-bond donors (Lipinski definition) is 1. The van der Waals surface area contributed by atoms with Crippen LogP contribution in [0.1, 0.15) is 22.9 Å². The molecule has 124 valence electrons. The number of nitrogens with zero attached hydrogens (tertiary/aromatic N) is 2. The molecule has 0 saturated carbocycles. The third-order valence-electron chi connectivity index (χ3n) is 4.27. The highest BCUT2D eigenvalue weighted by Gasteiger charge is 2.17. The average Bonchev–Trinajstić information content (AvgIpc) is 3.16. The Labute approximate surface area is 155 Å². The molecule has 25 heavy (non-hydrogen) atoms. The quantitative estimate of drug-likeness (QED) is 0.597. The minimum absolute atomic E-state index is 0.182. The molecule has 0 unspecified atom stereocenters. The zero-order valence-electron chi connectivity index (χ0n) is 13.6. The fourth-order valence-corrected chi connectivity index (χ4v) is 4.30. The second-order valence-corrected chi connectivity index (χ2v) is 7.42. The Kier molecular flexibility index (Phi) is 4.11. The van der Waals surface area contributed by atoms with E-state index in [2.05, 4.69) is 18.0 Å². The fourth-order valence-electron chi connectivity index (χ4n) is 3.01. The number of rotatable bonds is 3. The van der Waals surface area contributed by atoms with E-state index < -0.39 is 0 Å². The van der Waals surface area contributed by atoms with E-state index >= 15 is 0 Å². The van der Waals surface area contributed by atoms with Crippen molar-refractivity contribution in [3.63, 3.8) is 0 Å². The number of aryl methyl sites for hydroxylation is 1. The van der Waals surface area contributed by atoms with Gasteiger partial charge in [0, 0.05) is 17.4 Å². The molecule has 1 aliphatic rings. The van der Waals surface area contributed by atoms with Gasteiger partial charge in [-0.05, 0) is 42.4 Å². The molecule has 3 nitrogen and oxygen atoms in total. The monoisotopic (exact) mass is 364 g/mol. The maximum Gasteiger partial charge on any atom is 0.215 e. The molecular weight excluding hydrogens is 348 g/mol. The van der Waals surface area contributed by atoms with Crippen molar-refractivity contribution in [3.05, 3.63) is 68.5 Å². The van der Waals surface area contributed by atoms with Crippen LogP contribution in [-0.2, 0) is 6.42 Å². The SMILES string of the molecule is CCc1ccccc1-n1c(O)c(/C=C2\C=Nc3ccccc32)sc1=S. The van der Waals surface area contributed by atoms with Crippen LogP contribution in [0, 0.1) is 3.95 Å². The van der Waals surface area contributed by atoms with Crippen LogP contribution >= 0.6 is 23.6 Å². The second kappa shape index (κ2) is 6.43. The van der Waals surface area contributed by atoms with E-state index in [1.54, 1.807) is 4.57 Å². The van der Waals surface area contributed by atoms with Crippen LogP contribution in [0.4, 0.5) is 5.69 Å². The Hall–Kier alpha value is -2.50. The maximum absolute atomic E-state index is 10.8. The first-order valence-corrected chi connectivity index (χ1v) is 9.29. The summed E-state index contributed by atoms with van der Waals surface area (Å²) in [4.78, 5) is 5.16. The molecular formula is C20H16N2OS2. The Morgan fingerprint density at radius 1 is 1.16 bits per heavy atom. The zero-order valence-corrected chi connectivity index (χ0v) is 15.3. The number of allylic oxidation sites excluding steroid dienone is 1. The molecule has 0 atom stereocenters. The Bertz CT molecular complexity index is 1070. The Morgan fingerprint density at radius 2 is 1.92 bits per heavy atom. The highest BCUT2D eigenvalue weighted by Crippen LogP contribution is 2.37. The smallest absolute Gasteiger partial charge is 0.215 e. The number of benzene rings is 2. The van der Waals surface area contributed by atoms with Crippen LogP contribution in [0.5, 0.6) is 5.88 Å². The van der Waals surface area contributed by atoms with Crippen molar-refractivity contribution >= 4 is 47.1 Å². The van der Waals surface area contributed by atoms with E-state index in [1.165, 1.54) is 11.3 Å². The molecule has 2 aromatic carbocycles. The van der Waals surface area contributed by atoms with Crippen molar-refractivity contribution in [3.8, 4) is 11.6 Å². The summed E-state index contributed by atoms with van der Waals surface area (Å²) in [6, 6.07) is 16.0. The summed E-state index contributed by atoms with van der Waals surface area (Å²) in [6.45, 7) is 2.10. The number of fused-ring (bicyclic) bond motifs is 1. The number of para-hydroxylation sites is 2. The maximum atomic E-state index is 10.8. The van der Waals surface area contributed by atoms with Gasteiger partial charge < -0.3 is 5.11 Å². The predicted molar refractivity (Wildman–Crippen MR) is 108 cm³/mol. The summed E-state index contributed by atoms with van der Waals surface area (Å²) in [6.07, 6.45) is 4.66. The molecule has 5 heteroatoms. The van der Waals surface area contributed by atoms with E-state index in [9.17, 15) is 5.11 Å². The van der Waals surface area contributed by atoms with Gasteiger partial charge in [0.15, 0.2) is 3.95 Å². The van der Waals surface area contributed by atoms with Crippen molar-refractivity contribution in [1.29, 1.82) is 0 Å². The third-order valence-corrected chi connectivity index (χ3v) is 5.58. The summed E-state index contributed by atoms with van der Waals surface area (Å²) in [5.74, 6) is 0.182. The molecule has 1 aliphatic heterocycles. The van der Waals surface area contributed by atoms with Crippen molar-refractivity contribution < 1.29 is 5.11 Å². The molecule has 0 radical (unpaired) electrons. The number of aliphatic imine (C=N–C) groups is 1. The number of thiazole rings is 1. The minimum atomic E-state index is 0.182. The summed E-state index contributed by atoms with van der Waals surface area (Å²) < 4.78 is 2.39. The lowest BCUT2D eigenvalue weighted by Gasteiger charge is -2.09.